The Bertz CT molecular complexity index is 424. The lowest BCUT2D eigenvalue weighted by molar-refractivity contribution is -0.128. The number of allylic oxidation sites excluding steroid dienone is 2. The lowest BCUT2D eigenvalue weighted by atomic mass is 9.73. The first kappa shape index (κ1) is 15.8. The molecule has 4 atom stereocenters. The molecule has 19 heavy (non-hydrogen) atoms. The Kier molecular flexibility index (Phi) is 5.62. The number of alkyl halides is 1. The van der Waals surface area contributed by atoms with Crippen LogP contribution in [0.4, 0.5) is 0 Å². The molecule has 0 fully saturated rings. The number of rotatable bonds is 4. The summed E-state index contributed by atoms with van der Waals surface area (Å²) >= 11 is 6.32. The van der Waals surface area contributed by atoms with Gasteiger partial charge in [0.15, 0.2) is 6.19 Å². The van der Waals surface area contributed by atoms with Gasteiger partial charge in [0.1, 0.15) is 5.38 Å². The molecule has 0 N–H and O–H groups in total. The molecule has 1 rings (SSSR count). The maximum Gasteiger partial charge on any atom is 0.254 e. The largest absolute Gasteiger partial charge is 0.272 e. The monoisotopic (exact) mass is 280 g/mol. The molecule has 1 amide bonds. The molecule has 4 heteroatoms. The van der Waals surface area contributed by atoms with Crippen molar-refractivity contribution in [1.29, 1.82) is 5.26 Å². The fraction of sp³-hybridized carbons (Fsp3) is 0.600. The van der Waals surface area contributed by atoms with Gasteiger partial charge >= 0.3 is 0 Å². The van der Waals surface area contributed by atoms with Crippen molar-refractivity contribution in [1.82, 2.24) is 4.90 Å². The normalized spacial score (nSPS) is 27.9. The summed E-state index contributed by atoms with van der Waals surface area (Å²) in [6, 6.07) is 0. The van der Waals surface area contributed by atoms with Crippen molar-refractivity contribution < 1.29 is 4.79 Å². The first-order valence-corrected chi connectivity index (χ1v) is 6.99. The highest BCUT2D eigenvalue weighted by Gasteiger charge is 2.36. The maximum atomic E-state index is 12.2. The first-order valence-electron chi connectivity index (χ1n) is 6.55. The molecule has 1 aliphatic carbocycles. The first-order chi connectivity index (χ1) is 8.92. The van der Waals surface area contributed by atoms with E-state index < -0.39 is 5.38 Å². The molecule has 0 heterocycles. The zero-order chi connectivity index (χ0) is 14.6. The molecule has 0 radical (unpaired) electrons. The van der Waals surface area contributed by atoms with Crippen LogP contribution in [-0.2, 0) is 4.79 Å². The van der Waals surface area contributed by atoms with Gasteiger partial charge in [0, 0.05) is 5.92 Å². The molecule has 4 unspecified atom stereocenters. The summed E-state index contributed by atoms with van der Waals surface area (Å²) in [6.07, 6.45) is 6.53. The summed E-state index contributed by atoms with van der Waals surface area (Å²) < 4.78 is 0. The van der Waals surface area contributed by atoms with Crippen LogP contribution in [0.3, 0.4) is 0 Å². The van der Waals surface area contributed by atoms with E-state index in [1.807, 2.05) is 6.19 Å². The molecule has 0 aromatic rings. The summed E-state index contributed by atoms with van der Waals surface area (Å²) in [4.78, 5) is 13.3. The van der Waals surface area contributed by atoms with Gasteiger partial charge in [-0.3, -0.25) is 4.79 Å². The Morgan fingerprint density at radius 2 is 2.37 bits per heavy atom. The lowest BCUT2D eigenvalue weighted by Crippen LogP contribution is -2.40. The van der Waals surface area contributed by atoms with Gasteiger partial charge in [-0.05, 0) is 25.2 Å². The van der Waals surface area contributed by atoms with Crippen LogP contribution in [0, 0.1) is 29.2 Å². The zero-order valence-electron chi connectivity index (χ0n) is 11.8. The van der Waals surface area contributed by atoms with Crippen molar-refractivity contribution in [3.63, 3.8) is 0 Å². The van der Waals surface area contributed by atoms with Crippen LogP contribution in [0.25, 0.3) is 0 Å². The fourth-order valence-electron chi connectivity index (χ4n) is 2.60. The van der Waals surface area contributed by atoms with Gasteiger partial charge < -0.3 is 0 Å². The van der Waals surface area contributed by atoms with E-state index in [2.05, 4.69) is 33.4 Å². The van der Waals surface area contributed by atoms with E-state index in [-0.39, 0.29) is 18.4 Å². The highest BCUT2D eigenvalue weighted by Crippen LogP contribution is 2.37. The predicted octanol–water partition coefficient (Wildman–Crippen LogP) is 3.33. The zero-order valence-corrected chi connectivity index (χ0v) is 12.5. The van der Waals surface area contributed by atoms with Crippen molar-refractivity contribution in [3.05, 3.63) is 24.3 Å². The number of amides is 1. The van der Waals surface area contributed by atoms with Gasteiger partial charge in [0.05, 0.1) is 6.54 Å². The van der Waals surface area contributed by atoms with Gasteiger partial charge in [-0.15, -0.1) is 18.2 Å². The van der Waals surface area contributed by atoms with E-state index in [4.69, 9.17) is 16.9 Å². The molecule has 3 nitrogen and oxygen atoms in total. The maximum absolute atomic E-state index is 12.2. The van der Waals surface area contributed by atoms with Crippen LogP contribution in [-0.4, -0.2) is 22.7 Å². The van der Waals surface area contributed by atoms with Crippen molar-refractivity contribution >= 4 is 17.5 Å². The van der Waals surface area contributed by atoms with Crippen LogP contribution in [0.5, 0.6) is 0 Å². The molecular formula is C15H21ClN2O. The summed E-state index contributed by atoms with van der Waals surface area (Å²) in [5.74, 6) is 0.482. The van der Waals surface area contributed by atoms with Crippen molar-refractivity contribution in [2.75, 3.05) is 6.54 Å². The molecule has 0 saturated carbocycles. The van der Waals surface area contributed by atoms with Crippen molar-refractivity contribution in [2.24, 2.45) is 17.8 Å². The van der Waals surface area contributed by atoms with Crippen LogP contribution in [0.2, 0.25) is 0 Å². The molecule has 0 bridgehead atoms. The molecular weight excluding hydrogens is 260 g/mol. The quantitative estimate of drug-likeness (QED) is 0.343. The third-order valence-electron chi connectivity index (χ3n) is 3.90. The minimum Gasteiger partial charge on any atom is -0.272 e. The Morgan fingerprint density at radius 3 is 2.89 bits per heavy atom. The number of nitrogens with zero attached hydrogens (tertiary/aromatic N) is 2. The van der Waals surface area contributed by atoms with Gasteiger partial charge in [0.2, 0.25) is 0 Å². The van der Waals surface area contributed by atoms with E-state index in [1.165, 1.54) is 11.6 Å². The molecule has 1 aliphatic rings. The Hall–Kier alpha value is -1.27. The molecule has 0 aromatic heterocycles. The third-order valence-corrected chi connectivity index (χ3v) is 4.38. The number of carbonyl (C=O) groups excluding carboxylic acids is 1. The standard InChI is InChI=1S/C15H21ClN2O/c1-5-6-18(9-17)15(19)14(16)13-8-10(2)7-11(3)12(13)4/h5,8,11-14H,1,6-7H2,2-4H3. The number of halogens is 1. The van der Waals surface area contributed by atoms with E-state index >= 15 is 0 Å². The van der Waals surface area contributed by atoms with Crippen molar-refractivity contribution in [2.45, 2.75) is 32.6 Å². The second-order valence-corrected chi connectivity index (χ2v) is 5.84. The summed E-state index contributed by atoms with van der Waals surface area (Å²) in [5.41, 5.74) is 1.27. The van der Waals surface area contributed by atoms with Gasteiger partial charge in [-0.1, -0.05) is 31.6 Å². The Morgan fingerprint density at radius 1 is 1.74 bits per heavy atom. The number of hydrogen-bond acceptors (Lipinski definition) is 2. The van der Waals surface area contributed by atoms with Crippen LogP contribution in [0.1, 0.15) is 27.2 Å². The average Bonchev–Trinajstić information content (AvgIpc) is 2.38. The fourth-order valence-corrected chi connectivity index (χ4v) is 3.02. The molecule has 0 aliphatic heterocycles. The minimum absolute atomic E-state index is 0.0152. The second kappa shape index (κ2) is 6.77. The van der Waals surface area contributed by atoms with E-state index in [1.54, 1.807) is 0 Å². The van der Waals surface area contributed by atoms with Gasteiger partial charge in [-0.2, -0.15) is 5.26 Å². The molecule has 0 saturated heterocycles. The molecule has 104 valence electrons. The predicted molar refractivity (Wildman–Crippen MR) is 77.4 cm³/mol. The average molecular weight is 281 g/mol. The smallest absolute Gasteiger partial charge is 0.254 e. The number of nitriles is 1. The number of hydrogen-bond donors (Lipinski definition) is 0. The SMILES string of the molecule is C=CCN(C#N)C(=O)C(Cl)C1C=C(C)CC(C)C1C. The van der Waals surface area contributed by atoms with E-state index in [9.17, 15) is 4.79 Å². The van der Waals surface area contributed by atoms with Crippen LogP contribution in [0.15, 0.2) is 24.3 Å². The molecule has 0 spiro atoms. The summed E-state index contributed by atoms with van der Waals surface area (Å²) in [6.45, 7) is 10.1. The third kappa shape index (κ3) is 3.61. The van der Waals surface area contributed by atoms with Gasteiger partial charge in [-0.25, -0.2) is 4.90 Å². The topological polar surface area (TPSA) is 44.1 Å². The molecule has 0 aromatic carbocycles. The lowest BCUT2D eigenvalue weighted by Gasteiger charge is -2.35. The Labute approximate surface area is 120 Å². The van der Waals surface area contributed by atoms with Crippen LogP contribution < -0.4 is 0 Å². The van der Waals surface area contributed by atoms with Crippen LogP contribution >= 0.6 is 11.6 Å². The van der Waals surface area contributed by atoms with Crippen molar-refractivity contribution in [3.8, 4) is 6.19 Å². The van der Waals surface area contributed by atoms with E-state index in [0.29, 0.717) is 11.8 Å². The minimum atomic E-state index is -0.688. The van der Waals surface area contributed by atoms with Gasteiger partial charge in [0.25, 0.3) is 5.91 Å². The summed E-state index contributed by atoms with van der Waals surface area (Å²) in [5, 5.41) is 8.29. The number of carbonyl (C=O) groups is 1. The van der Waals surface area contributed by atoms with E-state index in [0.717, 1.165) is 11.3 Å². The summed E-state index contributed by atoms with van der Waals surface area (Å²) in [7, 11) is 0. The highest BCUT2D eigenvalue weighted by molar-refractivity contribution is 6.31. The highest BCUT2D eigenvalue weighted by atomic mass is 35.5. The Balaban J connectivity index is 2.89. The second-order valence-electron chi connectivity index (χ2n) is 5.37.